The highest BCUT2D eigenvalue weighted by Crippen LogP contribution is 2.72. The van der Waals surface area contributed by atoms with E-state index < -0.39 is 0 Å². The summed E-state index contributed by atoms with van der Waals surface area (Å²) in [6, 6.07) is 0. The van der Waals surface area contributed by atoms with Crippen LogP contribution in [0.5, 0.6) is 0 Å². The topological polar surface area (TPSA) is 46.5 Å². The summed E-state index contributed by atoms with van der Waals surface area (Å²) in [6.07, 6.45) is 7.40. The number of carbonyl (C=O) groups excluding carboxylic acids is 1. The predicted molar refractivity (Wildman–Crippen MR) is 97.8 cm³/mol. The number of aliphatic hydroxyl groups is 1. The van der Waals surface area contributed by atoms with E-state index >= 15 is 0 Å². The van der Waals surface area contributed by atoms with Gasteiger partial charge in [0.15, 0.2) is 0 Å². The zero-order valence-corrected chi connectivity index (χ0v) is 16.3. The second-order valence-electron chi connectivity index (χ2n) is 10.4. The van der Waals surface area contributed by atoms with Gasteiger partial charge in [0, 0.05) is 12.8 Å². The lowest BCUT2D eigenvalue weighted by Crippen LogP contribution is -2.62. The Balaban J connectivity index is 1.78. The fourth-order valence-corrected chi connectivity index (χ4v) is 7.98. The third-order valence-corrected chi connectivity index (χ3v) is 8.83. The third kappa shape index (κ3) is 2.30. The Morgan fingerprint density at radius 1 is 1.24 bits per heavy atom. The van der Waals surface area contributed by atoms with E-state index in [1.807, 2.05) is 0 Å². The summed E-state index contributed by atoms with van der Waals surface area (Å²) in [5.41, 5.74) is 1.72. The van der Waals surface area contributed by atoms with Crippen molar-refractivity contribution < 1.29 is 14.6 Å². The molecule has 0 unspecified atom stereocenters. The number of hydrogen-bond donors (Lipinski definition) is 1. The Hall–Kier alpha value is -0.830. The fraction of sp³-hybridized carbons (Fsp3) is 0.864. The number of carbonyl (C=O) groups is 1. The quantitative estimate of drug-likeness (QED) is 0.562. The number of allylic oxidation sites excluding steroid dienone is 1. The summed E-state index contributed by atoms with van der Waals surface area (Å²) in [6.45, 7) is 12.9. The first-order chi connectivity index (χ1) is 11.6. The molecule has 4 saturated carbocycles. The molecule has 140 valence electrons. The highest BCUT2D eigenvalue weighted by Gasteiger charge is 2.67. The van der Waals surface area contributed by atoms with Gasteiger partial charge in [-0.15, -0.1) is 0 Å². The maximum absolute atomic E-state index is 11.9. The third-order valence-electron chi connectivity index (χ3n) is 8.83. The summed E-state index contributed by atoms with van der Waals surface area (Å²) < 4.78 is 5.95. The molecule has 0 aromatic rings. The van der Waals surface area contributed by atoms with Crippen molar-refractivity contribution in [2.24, 2.45) is 34.0 Å². The Kier molecular flexibility index (Phi) is 3.76. The molecule has 1 spiro atoms. The molecule has 4 rings (SSSR count). The predicted octanol–water partition coefficient (Wildman–Crippen LogP) is 4.49. The molecule has 25 heavy (non-hydrogen) atoms. The van der Waals surface area contributed by atoms with Crippen LogP contribution >= 0.6 is 0 Å². The van der Waals surface area contributed by atoms with Crippen molar-refractivity contribution in [2.75, 3.05) is 0 Å². The van der Waals surface area contributed by atoms with E-state index in [0.717, 1.165) is 25.7 Å². The Bertz CT molecular complexity index is 608. The van der Waals surface area contributed by atoms with E-state index in [9.17, 15) is 9.90 Å². The van der Waals surface area contributed by atoms with E-state index in [1.54, 1.807) is 6.92 Å². The largest absolute Gasteiger partial charge is 0.462 e. The summed E-state index contributed by atoms with van der Waals surface area (Å²) in [5.74, 6) is 1.28. The lowest BCUT2D eigenvalue weighted by molar-refractivity contribution is -0.216. The molecule has 0 heterocycles. The molecule has 2 bridgehead atoms. The standard InChI is InChI=1S/C22H34O3/c1-13-11-22-9-6-17-20(3,4)18(24)7-8-21(17,5)19(22)16(25-14(2)23)10-15(13)12-22/h15-19,24H,1,6-12H2,2-5H3/t15-,16+,17-,18-,19+,21-,22-/m1/s1. The van der Waals surface area contributed by atoms with Crippen LogP contribution in [0, 0.1) is 34.0 Å². The molecule has 0 aromatic heterocycles. The molecule has 3 heteroatoms. The van der Waals surface area contributed by atoms with Crippen LogP contribution in [0.2, 0.25) is 0 Å². The summed E-state index contributed by atoms with van der Waals surface area (Å²) in [4.78, 5) is 11.9. The van der Waals surface area contributed by atoms with Crippen LogP contribution < -0.4 is 0 Å². The number of rotatable bonds is 1. The molecular formula is C22H34O3. The minimum absolute atomic E-state index is 0.0225. The minimum atomic E-state index is -0.221. The Labute approximate surface area is 152 Å². The van der Waals surface area contributed by atoms with E-state index in [-0.39, 0.29) is 34.4 Å². The van der Waals surface area contributed by atoms with Crippen molar-refractivity contribution in [1.82, 2.24) is 0 Å². The van der Waals surface area contributed by atoms with E-state index in [1.165, 1.54) is 24.8 Å². The van der Waals surface area contributed by atoms with Crippen molar-refractivity contribution >= 4 is 5.97 Å². The van der Waals surface area contributed by atoms with Crippen LogP contribution in [0.25, 0.3) is 0 Å². The van der Waals surface area contributed by atoms with Gasteiger partial charge in [-0.2, -0.15) is 0 Å². The van der Waals surface area contributed by atoms with Crippen molar-refractivity contribution in [3.8, 4) is 0 Å². The lowest BCUT2D eigenvalue weighted by atomic mass is 9.40. The van der Waals surface area contributed by atoms with Gasteiger partial charge >= 0.3 is 5.97 Å². The van der Waals surface area contributed by atoms with Crippen molar-refractivity contribution in [2.45, 2.75) is 84.8 Å². The SMILES string of the molecule is C=C1C[C@@]23CC[C@@H]4C(C)(C)[C@H](O)CC[C@@]4(C)[C@@H]2[C@@H](OC(C)=O)C[C@@H]1C3. The molecule has 0 amide bonds. The molecule has 0 saturated heterocycles. The average Bonchev–Trinajstić information content (AvgIpc) is 2.73. The highest BCUT2D eigenvalue weighted by atomic mass is 16.5. The van der Waals surface area contributed by atoms with Crippen LogP contribution in [0.4, 0.5) is 0 Å². The van der Waals surface area contributed by atoms with Crippen LogP contribution in [0.3, 0.4) is 0 Å². The molecular weight excluding hydrogens is 312 g/mol. The van der Waals surface area contributed by atoms with E-state index in [2.05, 4.69) is 27.4 Å². The smallest absolute Gasteiger partial charge is 0.302 e. The molecule has 4 aliphatic rings. The van der Waals surface area contributed by atoms with Crippen molar-refractivity contribution in [3.05, 3.63) is 12.2 Å². The van der Waals surface area contributed by atoms with Crippen LogP contribution in [0.1, 0.15) is 72.6 Å². The second-order valence-corrected chi connectivity index (χ2v) is 10.4. The molecule has 4 aliphatic carbocycles. The molecule has 0 aromatic carbocycles. The first-order valence-corrected chi connectivity index (χ1v) is 10.1. The average molecular weight is 347 g/mol. The van der Waals surface area contributed by atoms with Gasteiger partial charge in [0.1, 0.15) is 6.10 Å². The number of ether oxygens (including phenoxy) is 1. The van der Waals surface area contributed by atoms with Gasteiger partial charge in [0.2, 0.25) is 0 Å². The van der Waals surface area contributed by atoms with E-state index in [0.29, 0.717) is 17.8 Å². The van der Waals surface area contributed by atoms with Crippen molar-refractivity contribution in [1.29, 1.82) is 0 Å². The van der Waals surface area contributed by atoms with Gasteiger partial charge in [-0.05, 0) is 73.0 Å². The molecule has 4 fully saturated rings. The maximum Gasteiger partial charge on any atom is 0.302 e. The molecule has 1 N–H and O–H groups in total. The van der Waals surface area contributed by atoms with Crippen LogP contribution in [0.15, 0.2) is 12.2 Å². The highest BCUT2D eigenvalue weighted by molar-refractivity contribution is 5.66. The Morgan fingerprint density at radius 3 is 2.64 bits per heavy atom. The second kappa shape index (κ2) is 5.34. The van der Waals surface area contributed by atoms with Crippen molar-refractivity contribution in [3.63, 3.8) is 0 Å². The molecule has 7 atom stereocenters. The maximum atomic E-state index is 11.9. The van der Waals surface area contributed by atoms with Gasteiger partial charge in [0.05, 0.1) is 6.10 Å². The zero-order valence-electron chi connectivity index (χ0n) is 16.3. The summed E-state index contributed by atoms with van der Waals surface area (Å²) >= 11 is 0. The number of fused-ring (bicyclic) bond motifs is 3. The molecule has 0 aliphatic heterocycles. The fourth-order valence-electron chi connectivity index (χ4n) is 7.98. The number of aliphatic hydroxyl groups excluding tert-OH is 1. The van der Waals surface area contributed by atoms with Crippen LogP contribution in [-0.4, -0.2) is 23.3 Å². The lowest BCUT2D eigenvalue weighted by Gasteiger charge is -2.65. The van der Waals surface area contributed by atoms with Crippen LogP contribution in [-0.2, 0) is 9.53 Å². The van der Waals surface area contributed by atoms with Gasteiger partial charge < -0.3 is 9.84 Å². The molecule has 0 radical (unpaired) electrons. The Morgan fingerprint density at radius 2 is 1.96 bits per heavy atom. The number of hydrogen-bond acceptors (Lipinski definition) is 3. The minimum Gasteiger partial charge on any atom is -0.462 e. The van der Waals surface area contributed by atoms with Gasteiger partial charge in [-0.25, -0.2) is 0 Å². The monoisotopic (exact) mass is 346 g/mol. The summed E-state index contributed by atoms with van der Waals surface area (Å²) in [5, 5.41) is 10.7. The first-order valence-electron chi connectivity index (χ1n) is 10.1. The molecule has 3 nitrogen and oxygen atoms in total. The zero-order chi connectivity index (χ0) is 18.2. The van der Waals surface area contributed by atoms with Gasteiger partial charge in [-0.1, -0.05) is 32.9 Å². The van der Waals surface area contributed by atoms with E-state index in [4.69, 9.17) is 4.74 Å². The van der Waals surface area contributed by atoms with Gasteiger partial charge in [-0.3, -0.25) is 4.79 Å². The van der Waals surface area contributed by atoms with Gasteiger partial charge in [0.25, 0.3) is 0 Å². The normalized spacial score (nSPS) is 50.8. The number of esters is 1. The summed E-state index contributed by atoms with van der Waals surface area (Å²) in [7, 11) is 0. The first kappa shape index (κ1) is 17.6.